The van der Waals surface area contributed by atoms with Crippen LogP contribution in [0.5, 0.6) is 0 Å². The second-order valence-electron chi connectivity index (χ2n) is 6.15. The van der Waals surface area contributed by atoms with Gasteiger partial charge in [0, 0.05) is 50.8 Å². The standard InChI is InChI=1S/C17H23N5O/c1-13-10-15(22-8-6-20(2)7-9-22)4-5-16(13)19-17(23)14-11-18-21(3)12-14/h4-5,10-12H,6-9H2,1-3H3,(H,19,23). The van der Waals surface area contributed by atoms with E-state index in [4.69, 9.17) is 0 Å². The molecule has 0 aliphatic carbocycles. The van der Waals surface area contributed by atoms with Gasteiger partial charge in [-0.25, -0.2) is 0 Å². The lowest BCUT2D eigenvalue weighted by Crippen LogP contribution is -2.44. The second-order valence-corrected chi connectivity index (χ2v) is 6.15. The number of nitrogens with one attached hydrogen (secondary N) is 1. The maximum atomic E-state index is 12.2. The first-order valence-electron chi connectivity index (χ1n) is 7.87. The Hall–Kier alpha value is -2.34. The van der Waals surface area contributed by atoms with Crippen LogP contribution < -0.4 is 10.2 Å². The van der Waals surface area contributed by atoms with Crippen LogP contribution in [0.1, 0.15) is 15.9 Å². The van der Waals surface area contributed by atoms with Crippen molar-refractivity contribution in [3.63, 3.8) is 0 Å². The number of rotatable bonds is 3. The van der Waals surface area contributed by atoms with E-state index in [0.29, 0.717) is 5.56 Å². The number of likely N-dealkylation sites (N-methyl/N-ethyl adjacent to an activating group) is 1. The molecule has 0 radical (unpaired) electrons. The average Bonchev–Trinajstić information content (AvgIpc) is 2.97. The number of carbonyl (C=O) groups excluding carboxylic acids is 1. The second kappa shape index (κ2) is 6.42. The number of amides is 1. The molecule has 0 bridgehead atoms. The molecule has 122 valence electrons. The van der Waals surface area contributed by atoms with Crippen LogP contribution in [-0.2, 0) is 7.05 Å². The molecule has 0 spiro atoms. The molecule has 1 aliphatic heterocycles. The lowest BCUT2D eigenvalue weighted by atomic mass is 10.1. The van der Waals surface area contributed by atoms with Crippen LogP contribution in [-0.4, -0.2) is 53.8 Å². The summed E-state index contributed by atoms with van der Waals surface area (Å²) in [6, 6.07) is 6.21. The van der Waals surface area contributed by atoms with Crippen LogP contribution in [0.4, 0.5) is 11.4 Å². The Kier molecular flexibility index (Phi) is 4.34. The van der Waals surface area contributed by atoms with Crippen molar-refractivity contribution in [1.82, 2.24) is 14.7 Å². The Bertz CT molecular complexity index is 701. The van der Waals surface area contributed by atoms with E-state index in [2.05, 4.69) is 39.4 Å². The SMILES string of the molecule is Cc1cc(N2CCN(C)CC2)ccc1NC(=O)c1cnn(C)c1. The van der Waals surface area contributed by atoms with Gasteiger partial charge >= 0.3 is 0 Å². The number of hydrogen-bond donors (Lipinski definition) is 1. The summed E-state index contributed by atoms with van der Waals surface area (Å²) in [6.45, 7) is 6.27. The average molecular weight is 313 g/mol. The van der Waals surface area contributed by atoms with Gasteiger partial charge in [0.05, 0.1) is 11.8 Å². The van der Waals surface area contributed by atoms with Crippen LogP contribution in [0.15, 0.2) is 30.6 Å². The van der Waals surface area contributed by atoms with Gasteiger partial charge in [0.15, 0.2) is 0 Å². The molecule has 0 atom stereocenters. The lowest BCUT2D eigenvalue weighted by molar-refractivity contribution is 0.102. The molecule has 1 aromatic carbocycles. The molecule has 23 heavy (non-hydrogen) atoms. The maximum absolute atomic E-state index is 12.2. The van der Waals surface area contributed by atoms with Gasteiger partial charge < -0.3 is 15.1 Å². The lowest BCUT2D eigenvalue weighted by Gasteiger charge is -2.34. The molecule has 1 fully saturated rings. The number of aryl methyl sites for hydroxylation is 2. The molecule has 0 unspecified atom stereocenters. The molecule has 6 nitrogen and oxygen atoms in total. The zero-order valence-electron chi connectivity index (χ0n) is 13.9. The first-order chi connectivity index (χ1) is 11.0. The highest BCUT2D eigenvalue weighted by Crippen LogP contribution is 2.24. The Balaban J connectivity index is 1.71. The van der Waals surface area contributed by atoms with Crippen LogP contribution in [0.25, 0.3) is 0 Å². The van der Waals surface area contributed by atoms with E-state index in [1.807, 2.05) is 13.0 Å². The number of carbonyl (C=O) groups is 1. The van der Waals surface area contributed by atoms with Crippen LogP contribution in [0, 0.1) is 6.92 Å². The third kappa shape index (κ3) is 3.53. The Morgan fingerprint density at radius 1 is 1.17 bits per heavy atom. The predicted octanol–water partition coefficient (Wildman–Crippen LogP) is 1.73. The molecule has 1 aliphatic rings. The van der Waals surface area contributed by atoms with Gasteiger partial charge in [-0.15, -0.1) is 0 Å². The molecule has 3 rings (SSSR count). The van der Waals surface area contributed by atoms with E-state index in [-0.39, 0.29) is 5.91 Å². The largest absolute Gasteiger partial charge is 0.369 e. The summed E-state index contributed by atoms with van der Waals surface area (Å²) >= 11 is 0. The van der Waals surface area contributed by atoms with Gasteiger partial charge in [0.25, 0.3) is 5.91 Å². The minimum Gasteiger partial charge on any atom is -0.369 e. The molecule has 2 aromatic rings. The van der Waals surface area contributed by atoms with Crippen molar-refractivity contribution in [2.45, 2.75) is 6.92 Å². The number of nitrogens with zero attached hydrogens (tertiary/aromatic N) is 4. The summed E-state index contributed by atoms with van der Waals surface area (Å²) < 4.78 is 1.62. The monoisotopic (exact) mass is 313 g/mol. The predicted molar refractivity (Wildman–Crippen MR) is 92.1 cm³/mol. The molecule has 1 amide bonds. The zero-order chi connectivity index (χ0) is 16.4. The fraction of sp³-hybridized carbons (Fsp3) is 0.412. The highest BCUT2D eigenvalue weighted by atomic mass is 16.1. The minimum absolute atomic E-state index is 0.131. The molecular weight excluding hydrogens is 290 g/mol. The summed E-state index contributed by atoms with van der Waals surface area (Å²) in [5.41, 5.74) is 3.69. The van der Waals surface area contributed by atoms with E-state index in [1.165, 1.54) is 5.69 Å². The van der Waals surface area contributed by atoms with Gasteiger partial charge in [-0.3, -0.25) is 9.48 Å². The van der Waals surface area contributed by atoms with E-state index in [0.717, 1.165) is 37.4 Å². The molecule has 1 saturated heterocycles. The van der Waals surface area contributed by atoms with Crippen molar-refractivity contribution in [3.05, 3.63) is 41.7 Å². The number of anilines is 2. The van der Waals surface area contributed by atoms with Gasteiger partial charge in [-0.05, 0) is 37.7 Å². The first kappa shape index (κ1) is 15.6. The fourth-order valence-electron chi connectivity index (χ4n) is 2.78. The highest BCUT2D eigenvalue weighted by Gasteiger charge is 2.15. The first-order valence-corrected chi connectivity index (χ1v) is 7.87. The Morgan fingerprint density at radius 3 is 2.52 bits per heavy atom. The van der Waals surface area contributed by atoms with E-state index in [9.17, 15) is 4.79 Å². The van der Waals surface area contributed by atoms with Gasteiger partial charge in [0.2, 0.25) is 0 Å². The van der Waals surface area contributed by atoms with Crippen LogP contribution in [0.2, 0.25) is 0 Å². The normalized spacial score (nSPS) is 15.7. The van der Waals surface area contributed by atoms with Gasteiger partial charge in [-0.2, -0.15) is 5.10 Å². The van der Waals surface area contributed by atoms with E-state index in [1.54, 1.807) is 24.1 Å². The number of aromatic nitrogens is 2. The summed E-state index contributed by atoms with van der Waals surface area (Å²) in [5.74, 6) is -0.131. The molecule has 2 heterocycles. The topological polar surface area (TPSA) is 53.4 Å². The zero-order valence-corrected chi connectivity index (χ0v) is 13.9. The van der Waals surface area contributed by atoms with Gasteiger partial charge in [-0.1, -0.05) is 0 Å². The molecular formula is C17H23N5O. The molecule has 0 saturated carbocycles. The summed E-state index contributed by atoms with van der Waals surface area (Å²) in [7, 11) is 3.95. The number of benzene rings is 1. The quantitative estimate of drug-likeness (QED) is 0.938. The molecule has 6 heteroatoms. The molecule has 1 aromatic heterocycles. The third-order valence-electron chi connectivity index (χ3n) is 4.29. The Labute approximate surface area is 136 Å². The van der Waals surface area contributed by atoms with Crippen molar-refractivity contribution >= 4 is 17.3 Å². The maximum Gasteiger partial charge on any atom is 0.258 e. The minimum atomic E-state index is -0.131. The molecule has 1 N–H and O–H groups in total. The third-order valence-corrected chi connectivity index (χ3v) is 4.29. The van der Waals surface area contributed by atoms with Crippen molar-refractivity contribution in [2.75, 3.05) is 43.4 Å². The Morgan fingerprint density at radius 2 is 1.91 bits per heavy atom. The smallest absolute Gasteiger partial charge is 0.258 e. The summed E-state index contributed by atoms with van der Waals surface area (Å²) in [4.78, 5) is 16.9. The van der Waals surface area contributed by atoms with Crippen LogP contribution in [0.3, 0.4) is 0 Å². The fourth-order valence-corrected chi connectivity index (χ4v) is 2.78. The summed E-state index contributed by atoms with van der Waals surface area (Å²) in [5, 5.41) is 6.99. The van der Waals surface area contributed by atoms with Crippen molar-refractivity contribution < 1.29 is 4.79 Å². The van der Waals surface area contributed by atoms with E-state index < -0.39 is 0 Å². The highest BCUT2D eigenvalue weighted by molar-refractivity contribution is 6.04. The summed E-state index contributed by atoms with van der Waals surface area (Å²) in [6.07, 6.45) is 3.28. The number of hydrogen-bond acceptors (Lipinski definition) is 4. The van der Waals surface area contributed by atoms with Crippen molar-refractivity contribution in [2.24, 2.45) is 7.05 Å². The van der Waals surface area contributed by atoms with Crippen molar-refractivity contribution in [1.29, 1.82) is 0 Å². The number of piperazine rings is 1. The van der Waals surface area contributed by atoms with Crippen molar-refractivity contribution in [3.8, 4) is 0 Å². The van der Waals surface area contributed by atoms with Gasteiger partial charge in [0.1, 0.15) is 0 Å². The van der Waals surface area contributed by atoms with Crippen LogP contribution >= 0.6 is 0 Å². The van der Waals surface area contributed by atoms with E-state index >= 15 is 0 Å².